The van der Waals surface area contributed by atoms with Crippen molar-refractivity contribution < 1.29 is 19.8 Å². The second kappa shape index (κ2) is 8.94. The number of aromatic nitrogens is 1. The Morgan fingerprint density at radius 3 is 2.51 bits per heavy atom. The fraction of sp³-hybridized carbons (Fsp3) is 0.741. The number of aliphatic hydroxyl groups is 1. The second-order valence-electron chi connectivity index (χ2n) is 12.1. The van der Waals surface area contributed by atoms with Crippen molar-refractivity contribution in [2.75, 3.05) is 18.0 Å². The molecule has 0 aromatic carbocycles. The molecule has 8 heteroatoms. The third-order valence-electron chi connectivity index (χ3n) is 9.59. The van der Waals surface area contributed by atoms with Crippen molar-refractivity contribution in [1.82, 2.24) is 10.3 Å². The van der Waals surface area contributed by atoms with Gasteiger partial charge in [0, 0.05) is 36.4 Å². The van der Waals surface area contributed by atoms with Crippen molar-refractivity contribution in [3.63, 3.8) is 0 Å². The number of carboxylic acids is 1. The molecule has 1 aliphatic heterocycles. The molecule has 1 saturated heterocycles. The van der Waals surface area contributed by atoms with Crippen LogP contribution in [0.3, 0.4) is 0 Å². The van der Waals surface area contributed by atoms with Crippen LogP contribution < -0.4 is 10.2 Å². The summed E-state index contributed by atoms with van der Waals surface area (Å²) in [7, 11) is 0. The normalized spacial score (nSPS) is 36.2. The maximum absolute atomic E-state index is 13.7. The van der Waals surface area contributed by atoms with Crippen LogP contribution in [-0.4, -0.2) is 51.8 Å². The number of carbonyl (C=O) groups excluding carboxylic acids is 1. The summed E-state index contributed by atoms with van der Waals surface area (Å²) < 4.78 is 0. The molecule has 1 aromatic rings. The first-order valence-electron chi connectivity index (χ1n) is 13.5. The number of pyridine rings is 1. The van der Waals surface area contributed by atoms with Gasteiger partial charge in [-0.05, 0) is 81.1 Å². The van der Waals surface area contributed by atoms with Crippen molar-refractivity contribution in [2.24, 2.45) is 23.7 Å². The molecule has 4 bridgehead atoms. The lowest BCUT2D eigenvalue weighted by Gasteiger charge is -2.58. The Morgan fingerprint density at radius 1 is 1.14 bits per heavy atom. The first-order chi connectivity index (χ1) is 16.8. The maximum Gasteiger partial charge on any atom is 0.303 e. The Bertz CT molecular complexity index is 1010. The molecular formula is C27H37N3O4S. The second-order valence-corrected chi connectivity index (χ2v) is 12.6. The number of thiol groups is 1. The molecule has 35 heavy (non-hydrogen) atoms. The fourth-order valence-corrected chi connectivity index (χ4v) is 8.64. The standard InChI is InChI=1S/C27H37N3O4S/c31-22(32)9-15-5-6-30(14-15)25-21(35)10-20(24(28-25)17-3-1-2-4-17)26(33)29-23-18-7-16-8-19(23)13-27(34,11-16)12-18/h10,15-19,23,34-35H,1-9,11-14H2,(H,29,33)(H,31,32)/t15-,16?,18?,19?,23?,27?/m1/s1. The van der Waals surface area contributed by atoms with Crippen LogP contribution in [0.25, 0.3) is 0 Å². The molecule has 5 saturated carbocycles. The number of anilines is 1. The minimum Gasteiger partial charge on any atom is -0.481 e. The van der Waals surface area contributed by atoms with E-state index in [1.165, 1.54) is 0 Å². The lowest BCUT2D eigenvalue weighted by Crippen LogP contribution is -2.61. The molecule has 2 heterocycles. The molecule has 6 aliphatic rings. The molecule has 6 fully saturated rings. The van der Waals surface area contributed by atoms with Crippen LogP contribution in [0.1, 0.15) is 92.6 Å². The minimum atomic E-state index is -0.758. The van der Waals surface area contributed by atoms with Gasteiger partial charge in [0.2, 0.25) is 0 Å². The van der Waals surface area contributed by atoms with E-state index in [0.717, 1.165) is 82.3 Å². The predicted molar refractivity (Wildman–Crippen MR) is 135 cm³/mol. The average molecular weight is 500 g/mol. The van der Waals surface area contributed by atoms with Crippen LogP contribution in [0.2, 0.25) is 0 Å². The van der Waals surface area contributed by atoms with E-state index in [4.69, 9.17) is 17.6 Å². The molecule has 1 aromatic heterocycles. The molecule has 5 aliphatic carbocycles. The van der Waals surface area contributed by atoms with Crippen molar-refractivity contribution in [3.05, 3.63) is 17.3 Å². The highest BCUT2D eigenvalue weighted by molar-refractivity contribution is 7.80. The fourth-order valence-electron chi connectivity index (χ4n) is 8.32. The SMILES string of the molecule is O=C(O)C[C@H]1CCN(c2nc(C3CCCC3)c(C(=O)NC3C4CC5CC3CC(O)(C5)C4)cc2S)C1. The van der Waals surface area contributed by atoms with Gasteiger partial charge in [-0.3, -0.25) is 9.59 Å². The van der Waals surface area contributed by atoms with E-state index in [1.807, 2.05) is 6.07 Å². The monoisotopic (exact) mass is 499 g/mol. The topological polar surface area (TPSA) is 103 Å². The van der Waals surface area contributed by atoms with Gasteiger partial charge < -0.3 is 20.4 Å². The van der Waals surface area contributed by atoms with Gasteiger partial charge in [0.25, 0.3) is 5.91 Å². The predicted octanol–water partition coefficient (Wildman–Crippen LogP) is 4.00. The van der Waals surface area contributed by atoms with Crippen LogP contribution in [0, 0.1) is 23.7 Å². The zero-order valence-electron chi connectivity index (χ0n) is 20.3. The first kappa shape index (κ1) is 23.6. The molecule has 190 valence electrons. The molecular weight excluding hydrogens is 462 g/mol. The van der Waals surface area contributed by atoms with E-state index < -0.39 is 11.6 Å². The van der Waals surface area contributed by atoms with Gasteiger partial charge in [-0.15, -0.1) is 12.6 Å². The number of aliphatic carboxylic acids is 1. The van der Waals surface area contributed by atoms with Gasteiger partial charge in [0.05, 0.1) is 16.9 Å². The van der Waals surface area contributed by atoms with Gasteiger partial charge in [-0.25, -0.2) is 4.98 Å². The average Bonchev–Trinajstić information content (AvgIpc) is 3.47. The minimum absolute atomic E-state index is 0.0455. The number of hydrogen-bond donors (Lipinski definition) is 4. The summed E-state index contributed by atoms with van der Waals surface area (Å²) in [4.78, 5) is 32.8. The molecule has 7 nitrogen and oxygen atoms in total. The first-order valence-corrected chi connectivity index (χ1v) is 14.0. The number of nitrogens with zero attached hydrogens (tertiary/aromatic N) is 2. The highest BCUT2D eigenvalue weighted by Crippen LogP contribution is 2.55. The highest BCUT2D eigenvalue weighted by Gasteiger charge is 2.55. The van der Waals surface area contributed by atoms with Crippen molar-refractivity contribution in [1.29, 1.82) is 0 Å². The summed E-state index contributed by atoms with van der Waals surface area (Å²) in [5.74, 6) is 1.72. The number of carbonyl (C=O) groups is 2. The van der Waals surface area contributed by atoms with Gasteiger partial charge in [-0.1, -0.05) is 12.8 Å². The van der Waals surface area contributed by atoms with E-state index in [0.29, 0.717) is 34.8 Å². The van der Waals surface area contributed by atoms with Crippen LogP contribution in [0.15, 0.2) is 11.0 Å². The lowest BCUT2D eigenvalue weighted by molar-refractivity contribution is -0.138. The zero-order chi connectivity index (χ0) is 24.3. The van der Waals surface area contributed by atoms with E-state index in [2.05, 4.69) is 10.2 Å². The van der Waals surface area contributed by atoms with Crippen molar-refractivity contribution >= 4 is 30.3 Å². The van der Waals surface area contributed by atoms with Crippen molar-refractivity contribution in [3.8, 4) is 0 Å². The molecule has 2 unspecified atom stereocenters. The Balaban J connectivity index is 1.25. The number of hydrogen-bond acceptors (Lipinski definition) is 6. The maximum atomic E-state index is 13.7. The van der Waals surface area contributed by atoms with Crippen LogP contribution in [-0.2, 0) is 4.79 Å². The van der Waals surface area contributed by atoms with Gasteiger partial charge >= 0.3 is 5.97 Å². The van der Waals surface area contributed by atoms with E-state index in [-0.39, 0.29) is 30.2 Å². The number of rotatable bonds is 6. The van der Waals surface area contributed by atoms with Crippen LogP contribution in [0.5, 0.6) is 0 Å². The third kappa shape index (κ3) is 4.45. The Morgan fingerprint density at radius 2 is 1.86 bits per heavy atom. The summed E-state index contributed by atoms with van der Waals surface area (Å²) in [5.41, 5.74) is 1.03. The third-order valence-corrected chi connectivity index (χ3v) is 9.92. The summed E-state index contributed by atoms with van der Waals surface area (Å²) in [5, 5.41) is 23.5. The molecule has 0 spiro atoms. The van der Waals surface area contributed by atoms with Crippen molar-refractivity contribution in [2.45, 2.75) is 93.1 Å². The van der Waals surface area contributed by atoms with Gasteiger partial charge in [0.15, 0.2) is 0 Å². The summed E-state index contributed by atoms with van der Waals surface area (Å²) in [6, 6.07) is 2.04. The lowest BCUT2D eigenvalue weighted by atomic mass is 9.52. The number of amides is 1. The van der Waals surface area contributed by atoms with E-state index in [1.54, 1.807) is 0 Å². The number of carboxylic acid groups (broad SMARTS) is 1. The summed E-state index contributed by atoms with van der Waals surface area (Å²) in [6.45, 7) is 1.43. The Hall–Kier alpha value is -1.80. The molecule has 3 atom stereocenters. The largest absolute Gasteiger partial charge is 0.481 e. The van der Waals surface area contributed by atoms with Gasteiger partial charge in [-0.2, -0.15) is 0 Å². The number of nitrogens with one attached hydrogen (secondary N) is 1. The van der Waals surface area contributed by atoms with E-state index in [9.17, 15) is 19.8 Å². The molecule has 0 radical (unpaired) electrons. The Kier molecular flexibility index (Phi) is 6.03. The smallest absolute Gasteiger partial charge is 0.303 e. The molecule has 7 rings (SSSR count). The zero-order valence-corrected chi connectivity index (χ0v) is 21.2. The van der Waals surface area contributed by atoms with Crippen LogP contribution in [0.4, 0.5) is 5.82 Å². The Labute approximate surface area is 212 Å². The summed E-state index contributed by atoms with van der Waals surface area (Å²) in [6.07, 6.45) is 10.2. The molecule has 3 N–H and O–H groups in total. The van der Waals surface area contributed by atoms with Gasteiger partial charge in [0.1, 0.15) is 5.82 Å². The van der Waals surface area contributed by atoms with Crippen LogP contribution >= 0.6 is 12.6 Å². The summed E-state index contributed by atoms with van der Waals surface area (Å²) >= 11 is 4.75. The van der Waals surface area contributed by atoms with E-state index >= 15 is 0 Å². The highest BCUT2D eigenvalue weighted by atomic mass is 32.1. The molecule has 1 amide bonds. The quantitative estimate of drug-likeness (QED) is 0.441.